The fourth-order valence-corrected chi connectivity index (χ4v) is 5.63. The third-order valence-electron chi connectivity index (χ3n) is 6.60. The fraction of sp³-hybridized carbons (Fsp3) is 0.103. The van der Waals surface area contributed by atoms with Gasteiger partial charge < -0.3 is 4.74 Å². The lowest BCUT2D eigenvalue weighted by Crippen LogP contribution is -2.18. The van der Waals surface area contributed by atoms with Crippen LogP contribution in [-0.2, 0) is 0 Å². The van der Waals surface area contributed by atoms with Crippen LogP contribution in [0.2, 0.25) is 0 Å². The second kappa shape index (κ2) is 8.39. The van der Waals surface area contributed by atoms with Crippen molar-refractivity contribution in [3.63, 3.8) is 0 Å². The van der Waals surface area contributed by atoms with Crippen LogP contribution >= 0.6 is 11.3 Å². The molecule has 0 N–H and O–H groups in total. The van der Waals surface area contributed by atoms with E-state index in [9.17, 15) is 0 Å². The monoisotopic (exact) mass is 487 g/mol. The highest BCUT2D eigenvalue weighted by Gasteiger charge is 2.32. The number of aromatic nitrogens is 3. The van der Waals surface area contributed by atoms with Crippen LogP contribution in [0.5, 0.6) is 5.75 Å². The molecule has 6 aromatic rings. The third kappa shape index (κ3) is 3.56. The maximum Gasteiger partial charge on any atom is 0.210 e. The molecule has 174 valence electrons. The minimum absolute atomic E-state index is 0.0155. The number of anilines is 1. The van der Waals surface area contributed by atoms with E-state index in [0.29, 0.717) is 5.65 Å². The number of hydrogen-bond acceptors (Lipinski definition) is 7. The van der Waals surface area contributed by atoms with E-state index in [-0.39, 0.29) is 6.04 Å². The molecule has 3 heterocycles. The molecule has 7 heteroatoms. The number of nitrogens with zero attached hydrogens (tertiary/aromatic N) is 5. The van der Waals surface area contributed by atoms with Crippen molar-refractivity contribution in [2.45, 2.75) is 12.5 Å². The summed E-state index contributed by atoms with van der Waals surface area (Å²) in [4.78, 5) is 15.3. The molecular weight excluding hydrogens is 466 g/mol. The smallest absolute Gasteiger partial charge is 0.210 e. The van der Waals surface area contributed by atoms with E-state index < -0.39 is 0 Å². The Bertz CT molecular complexity index is 1720. The standard InChI is InChI=1S/C29H21N5OS/c1-35-22-14-12-19(13-15-22)25-17-26(21-11-10-18-6-2-3-7-20(18)16-21)34(33-25)29-32-27-28(36-29)31-24-9-5-4-8-23(24)30-27/h2-16,26H,17H2,1H3. The summed E-state index contributed by atoms with van der Waals surface area (Å²) < 4.78 is 5.35. The Balaban J connectivity index is 1.35. The van der Waals surface area contributed by atoms with E-state index in [0.717, 1.165) is 44.4 Å². The molecule has 0 spiro atoms. The number of hydrogen-bond donors (Lipinski definition) is 0. The zero-order valence-corrected chi connectivity index (χ0v) is 20.3. The normalized spacial score (nSPS) is 15.6. The van der Waals surface area contributed by atoms with E-state index in [4.69, 9.17) is 24.8 Å². The Morgan fingerprint density at radius 3 is 2.36 bits per heavy atom. The van der Waals surface area contributed by atoms with Gasteiger partial charge in [0.1, 0.15) is 5.75 Å². The molecule has 0 amide bonds. The summed E-state index contributed by atoms with van der Waals surface area (Å²) in [6, 6.07) is 31.1. The summed E-state index contributed by atoms with van der Waals surface area (Å²) in [5.74, 6) is 0.829. The van der Waals surface area contributed by atoms with Gasteiger partial charge in [-0.25, -0.2) is 15.0 Å². The second-order valence-electron chi connectivity index (χ2n) is 8.78. The fourth-order valence-electron chi connectivity index (χ4n) is 4.73. The first kappa shape index (κ1) is 21.0. The van der Waals surface area contributed by atoms with Gasteiger partial charge >= 0.3 is 0 Å². The molecule has 0 saturated heterocycles. The Hall–Kier alpha value is -4.36. The van der Waals surface area contributed by atoms with Gasteiger partial charge in [0, 0.05) is 6.42 Å². The highest BCUT2D eigenvalue weighted by molar-refractivity contribution is 7.21. The van der Waals surface area contributed by atoms with Gasteiger partial charge in [-0.1, -0.05) is 59.9 Å². The van der Waals surface area contributed by atoms with E-state index in [2.05, 4.69) is 54.6 Å². The number of rotatable bonds is 4. The molecule has 1 aliphatic heterocycles. The highest BCUT2D eigenvalue weighted by atomic mass is 32.1. The highest BCUT2D eigenvalue weighted by Crippen LogP contribution is 2.40. The van der Waals surface area contributed by atoms with Gasteiger partial charge in [0.15, 0.2) is 10.5 Å². The number of ether oxygens (including phenoxy) is 1. The van der Waals surface area contributed by atoms with Crippen LogP contribution < -0.4 is 9.75 Å². The summed E-state index contributed by atoms with van der Waals surface area (Å²) in [5, 5.41) is 10.4. The zero-order valence-electron chi connectivity index (χ0n) is 19.5. The number of methoxy groups -OCH3 is 1. The average molecular weight is 488 g/mol. The van der Waals surface area contributed by atoms with Crippen molar-refractivity contribution in [1.29, 1.82) is 0 Å². The molecule has 36 heavy (non-hydrogen) atoms. The molecule has 0 fully saturated rings. The summed E-state index contributed by atoms with van der Waals surface area (Å²) in [5.41, 5.74) is 5.66. The van der Waals surface area contributed by atoms with Crippen LogP contribution in [0.15, 0.2) is 96.1 Å². The molecule has 0 aliphatic carbocycles. The molecular formula is C29H21N5OS. The van der Waals surface area contributed by atoms with Gasteiger partial charge in [0.05, 0.1) is 29.9 Å². The van der Waals surface area contributed by atoms with Crippen LogP contribution in [0.3, 0.4) is 0 Å². The predicted molar refractivity (Wildman–Crippen MR) is 146 cm³/mol. The molecule has 6 nitrogen and oxygen atoms in total. The number of fused-ring (bicyclic) bond motifs is 3. The summed E-state index contributed by atoms with van der Waals surface area (Å²) in [6.45, 7) is 0. The Morgan fingerprint density at radius 1 is 0.806 bits per heavy atom. The molecule has 1 unspecified atom stereocenters. The first-order valence-corrected chi connectivity index (χ1v) is 12.6. The molecule has 2 aromatic heterocycles. The van der Waals surface area contributed by atoms with Crippen LogP contribution in [0.4, 0.5) is 5.13 Å². The van der Waals surface area contributed by atoms with Crippen molar-refractivity contribution in [3.8, 4) is 5.75 Å². The van der Waals surface area contributed by atoms with Crippen molar-refractivity contribution < 1.29 is 4.74 Å². The van der Waals surface area contributed by atoms with Crippen molar-refractivity contribution in [1.82, 2.24) is 15.0 Å². The molecule has 7 rings (SSSR count). The van der Waals surface area contributed by atoms with Gasteiger partial charge in [-0.3, -0.25) is 0 Å². The molecule has 1 aliphatic rings. The maximum absolute atomic E-state index is 5.35. The van der Waals surface area contributed by atoms with Crippen molar-refractivity contribution in [3.05, 3.63) is 102 Å². The van der Waals surface area contributed by atoms with Crippen LogP contribution in [0, 0.1) is 0 Å². The number of thiazole rings is 1. The lowest BCUT2D eigenvalue weighted by atomic mass is 9.96. The molecule has 0 radical (unpaired) electrons. The number of hydrazone groups is 1. The first-order valence-electron chi connectivity index (χ1n) is 11.8. The van der Waals surface area contributed by atoms with Crippen molar-refractivity contribution >= 4 is 54.5 Å². The first-order chi connectivity index (χ1) is 17.7. The third-order valence-corrected chi connectivity index (χ3v) is 7.53. The van der Waals surface area contributed by atoms with E-state index in [1.165, 1.54) is 27.7 Å². The molecule has 0 bridgehead atoms. The Labute approximate surface area is 211 Å². The lowest BCUT2D eigenvalue weighted by molar-refractivity contribution is 0.415. The van der Waals surface area contributed by atoms with Crippen LogP contribution in [0.1, 0.15) is 23.6 Å². The summed E-state index contributed by atoms with van der Waals surface area (Å²) in [7, 11) is 1.68. The zero-order chi connectivity index (χ0) is 24.1. The van der Waals surface area contributed by atoms with Gasteiger partial charge in [0.25, 0.3) is 0 Å². The minimum Gasteiger partial charge on any atom is -0.497 e. The van der Waals surface area contributed by atoms with Gasteiger partial charge in [-0.05, 0) is 64.4 Å². The van der Waals surface area contributed by atoms with Gasteiger partial charge in [-0.15, -0.1) is 0 Å². The lowest BCUT2D eigenvalue weighted by Gasteiger charge is -2.21. The topological polar surface area (TPSA) is 63.5 Å². The Kier molecular flexibility index (Phi) is 4.89. The summed E-state index contributed by atoms with van der Waals surface area (Å²) in [6.07, 6.45) is 0.767. The Morgan fingerprint density at radius 2 is 1.56 bits per heavy atom. The second-order valence-corrected chi connectivity index (χ2v) is 9.74. The van der Waals surface area contributed by atoms with Crippen molar-refractivity contribution in [2.24, 2.45) is 5.10 Å². The van der Waals surface area contributed by atoms with E-state index in [1.54, 1.807) is 7.11 Å². The molecule has 4 aromatic carbocycles. The predicted octanol–water partition coefficient (Wildman–Crippen LogP) is 6.76. The average Bonchev–Trinajstić information content (AvgIpc) is 3.56. The van der Waals surface area contributed by atoms with Gasteiger partial charge in [-0.2, -0.15) is 10.1 Å². The SMILES string of the molecule is COc1ccc(C2=NN(c3nc4nc5ccccc5nc4s3)C(c3ccc4ccccc4c3)C2)cc1. The minimum atomic E-state index is 0.0155. The molecule has 0 saturated carbocycles. The largest absolute Gasteiger partial charge is 0.497 e. The quantitative estimate of drug-likeness (QED) is 0.275. The number of para-hydroxylation sites is 2. The molecule has 1 atom stereocenters. The van der Waals surface area contributed by atoms with Gasteiger partial charge in [0.2, 0.25) is 5.13 Å². The van der Waals surface area contributed by atoms with Crippen molar-refractivity contribution in [2.75, 3.05) is 12.1 Å². The van der Waals surface area contributed by atoms with E-state index >= 15 is 0 Å². The number of benzene rings is 4. The van der Waals surface area contributed by atoms with E-state index in [1.807, 2.05) is 41.4 Å². The van der Waals surface area contributed by atoms with Crippen LogP contribution in [0.25, 0.3) is 32.3 Å². The maximum atomic E-state index is 5.35. The van der Waals surface area contributed by atoms with Crippen LogP contribution in [-0.4, -0.2) is 27.8 Å². The summed E-state index contributed by atoms with van der Waals surface area (Å²) >= 11 is 1.53.